The molecule has 0 radical (unpaired) electrons. The van der Waals surface area contributed by atoms with Gasteiger partial charge in [-0.1, -0.05) is 19.3 Å². The Kier molecular flexibility index (Phi) is 8.71. The van der Waals surface area contributed by atoms with Crippen LogP contribution in [0, 0.1) is 11.8 Å². The molecule has 6 heteroatoms. The van der Waals surface area contributed by atoms with Crippen LogP contribution in [-0.4, -0.2) is 71.2 Å². The molecule has 2 aliphatic heterocycles. The molecule has 0 aliphatic carbocycles. The molecular formula is C27H50N2O4. The average molecular weight is 467 g/mol. The van der Waals surface area contributed by atoms with Gasteiger partial charge in [-0.25, -0.2) is 0 Å². The van der Waals surface area contributed by atoms with Crippen LogP contribution in [0.25, 0.3) is 0 Å². The Morgan fingerprint density at radius 2 is 0.939 bits per heavy atom. The van der Waals surface area contributed by atoms with Gasteiger partial charge in [-0.05, 0) is 95.2 Å². The van der Waals surface area contributed by atoms with Crippen molar-refractivity contribution in [3.63, 3.8) is 0 Å². The fraction of sp³-hybridized carbons (Fsp3) is 0.926. The van der Waals surface area contributed by atoms with Gasteiger partial charge in [-0.15, -0.1) is 0 Å². The number of hydrogen-bond donors (Lipinski definition) is 0. The Balaban J connectivity index is 1.57. The molecule has 0 bridgehead atoms. The van der Waals surface area contributed by atoms with Crippen molar-refractivity contribution in [1.82, 2.24) is 9.80 Å². The van der Waals surface area contributed by atoms with Crippen molar-refractivity contribution in [2.45, 2.75) is 122 Å². The summed E-state index contributed by atoms with van der Waals surface area (Å²) in [6.45, 7) is 18.3. The third kappa shape index (κ3) is 6.11. The van der Waals surface area contributed by atoms with Crippen LogP contribution >= 0.6 is 0 Å². The average Bonchev–Trinajstić information content (AvgIpc) is 2.99. The Morgan fingerprint density at radius 1 is 0.636 bits per heavy atom. The predicted octanol–water partition coefficient (Wildman–Crippen LogP) is 5.04. The highest BCUT2D eigenvalue weighted by atomic mass is 16.5. The van der Waals surface area contributed by atoms with Gasteiger partial charge in [0.2, 0.25) is 0 Å². The molecule has 2 rings (SSSR count). The first-order valence-electron chi connectivity index (χ1n) is 12.9. The molecule has 192 valence electrons. The van der Waals surface area contributed by atoms with Gasteiger partial charge in [-0.3, -0.25) is 19.4 Å². The summed E-state index contributed by atoms with van der Waals surface area (Å²) in [5.74, 6) is -0.286. The van der Waals surface area contributed by atoms with Crippen molar-refractivity contribution >= 4 is 11.9 Å². The molecule has 0 aromatic heterocycles. The maximum atomic E-state index is 12.6. The summed E-state index contributed by atoms with van der Waals surface area (Å²) in [5, 5.41) is 0. The topological polar surface area (TPSA) is 59.1 Å². The Labute approximate surface area is 202 Å². The minimum absolute atomic E-state index is 0.0102. The van der Waals surface area contributed by atoms with Crippen LogP contribution in [-0.2, 0) is 19.1 Å². The third-order valence-electron chi connectivity index (χ3n) is 9.00. The second-order valence-electron chi connectivity index (χ2n) is 12.7. The summed E-state index contributed by atoms with van der Waals surface area (Å²) in [6, 6.07) is 0. The second kappa shape index (κ2) is 10.2. The minimum atomic E-state index is -0.184. The van der Waals surface area contributed by atoms with Crippen LogP contribution < -0.4 is 0 Å². The molecule has 0 amide bonds. The molecule has 0 aromatic carbocycles. The molecule has 0 aromatic rings. The fourth-order valence-electron chi connectivity index (χ4n) is 5.82. The van der Waals surface area contributed by atoms with Crippen molar-refractivity contribution in [2.24, 2.45) is 11.8 Å². The maximum absolute atomic E-state index is 12.6. The number of esters is 2. The maximum Gasteiger partial charge on any atom is 0.310 e. The van der Waals surface area contributed by atoms with E-state index < -0.39 is 0 Å². The van der Waals surface area contributed by atoms with E-state index in [1.54, 1.807) is 0 Å². The molecule has 0 spiro atoms. The summed E-state index contributed by atoms with van der Waals surface area (Å²) in [4.78, 5) is 29.9. The number of carbonyl (C=O) groups excluding carboxylic acids is 2. The van der Waals surface area contributed by atoms with E-state index in [0.717, 1.165) is 44.9 Å². The molecule has 2 fully saturated rings. The number of ether oxygens (including phenoxy) is 2. The standard InChI is InChI=1S/C27H50N2O4/c1-24(2)18-20(26(5,6)28(24)9)22(30)32-16-14-12-11-13-15-17-33-23(31)21-19-25(3,4)29(10)27(21,7)8/h20-21H,11-19H2,1-10H3. The molecule has 2 saturated heterocycles. The van der Waals surface area contributed by atoms with E-state index in [2.05, 4.69) is 79.3 Å². The Hall–Kier alpha value is -1.14. The summed E-state index contributed by atoms with van der Waals surface area (Å²) in [5.41, 5.74) is -0.347. The lowest BCUT2D eigenvalue weighted by Crippen LogP contribution is -2.48. The smallest absolute Gasteiger partial charge is 0.310 e. The minimum Gasteiger partial charge on any atom is -0.465 e. The van der Waals surface area contributed by atoms with Crippen LogP contribution in [0.4, 0.5) is 0 Å². The predicted molar refractivity (Wildman–Crippen MR) is 133 cm³/mol. The van der Waals surface area contributed by atoms with E-state index in [0.29, 0.717) is 13.2 Å². The summed E-state index contributed by atoms with van der Waals surface area (Å²) in [6.07, 6.45) is 6.54. The largest absolute Gasteiger partial charge is 0.465 e. The summed E-state index contributed by atoms with van der Waals surface area (Å²) < 4.78 is 11.3. The quantitative estimate of drug-likeness (QED) is 0.332. The van der Waals surface area contributed by atoms with Gasteiger partial charge in [0.25, 0.3) is 0 Å². The Bertz CT molecular complexity index is 640. The van der Waals surface area contributed by atoms with E-state index in [1.165, 1.54) is 0 Å². The van der Waals surface area contributed by atoms with Gasteiger partial charge in [0.1, 0.15) is 0 Å². The van der Waals surface area contributed by atoms with Crippen LogP contribution in [0.15, 0.2) is 0 Å². The highest BCUT2D eigenvalue weighted by Crippen LogP contribution is 2.45. The SMILES string of the molecule is CN1C(C)(C)CC(C(=O)OCCCCCCCOC(=O)C2CC(C)(C)N(C)C2(C)C)C1(C)C. The zero-order valence-corrected chi connectivity index (χ0v) is 23.0. The molecule has 2 atom stereocenters. The van der Waals surface area contributed by atoms with Crippen molar-refractivity contribution in [2.75, 3.05) is 27.3 Å². The van der Waals surface area contributed by atoms with Gasteiger partial charge in [0.05, 0.1) is 25.0 Å². The molecule has 0 saturated carbocycles. The molecule has 33 heavy (non-hydrogen) atoms. The van der Waals surface area contributed by atoms with Gasteiger partial charge in [-0.2, -0.15) is 0 Å². The normalized spacial score (nSPS) is 28.1. The zero-order valence-electron chi connectivity index (χ0n) is 23.0. The van der Waals surface area contributed by atoms with E-state index in [9.17, 15) is 9.59 Å². The Morgan fingerprint density at radius 3 is 1.21 bits per heavy atom. The van der Waals surface area contributed by atoms with Crippen molar-refractivity contribution < 1.29 is 19.1 Å². The van der Waals surface area contributed by atoms with Crippen LogP contribution in [0.2, 0.25) is 0 Å². The summed E-state index contributed by atoms with van der Waals surface area (Å²) >= 11 is 0. The first kappa shape index (κ1) is 28.1. The van der Waals surface area contributed by atoms with Gasteiger partial charge in [0, 0.05) is 22.2 Å². The lowest BCUT2D eigenvalue weighted by Gasteiger charge is -2.37. The van der Waals surface area contributed by atoms with Gasteiger partial charge < -0.3 is 9.47 Å². The highest BCUT2D eigenvalue weighted by Gasteiger charge is 2.54. The lowest BCUT2D eigenvalue weighted by molar-refractivity contribution is -0.152. The van der Waals surface area contributed by atoms with E-state index >= 15 is 0 Å². The molecule has 2 aliphatic rings. The first-order valence-corrected chi connectivity index (χ1v) is 12.9. The van der Waals surface area contributed by atoms with Crippen LogP contribution in [0.3, 0.4) is 0 Å². The fourth-order valence-corrected chi connectivity index (χ4v) is 5.82. The van der Waals surface area contributed by atoms with E-state index in [4.69, 9.17) is 9.47 Å². The zero-order chi connectivity index (χ0) is 25.2. The van der Waals surface area contributed by atoms with Crippen molar-refractivity contribution in [3.05, 3.63) is 0 Å². The second-order valence-corrected chi connectivity index (χ2v) is 12.7. The van der Waals surface area contributed by atoms with Gasteiger partial charge in [0.15, 0.2) is 0 Å². The van der Waals surface area contributed by atoms with Crippen molar-refractivity contribution in [3.8, 4) is 0 Å². The van der Waals surface area contributed by atoms with Gasteiger partial charge >= 0.3 is 11.9 Å². The molecular weight excluding hydrogens is 416 g/mol. The third-order valence-corrected chi connectivity index (χ3v) is 9.00. The number of unbranched alkanes of at least 4 members (excludes halogenated alkanes) is 4. The highest BCUT2D eigenvalue weighted by molar-refractivity contribution is 5.75. The lowest BCUT2D eigenvalue weighted by atomic mass is 9.87. The summed E-state index contributed by atoms with van der Waals surface area (Å²) in [7, 11) is 4.19. The molecule has 0 N–H and O–H groups in total. The first-order chi connectivity index (χ1) is 15.0. The van der Waals surface area contributed by atoms with Crippen molar-refractivity contribution in [1.29, 1.82) is 0 Å². The van der Waals surface area contributed by atoms with E-state index in [-0.39, 0.29) is 45.9 Å². The number of hydrogen-bond acceptors (Lipinski definition) is 6. The number of nitrogens with zero attached hydrogens (tertiary/aromatic N) is 2. The number of carbonyl (C=O) groups is 2. The molecule has 2 unspecified atom stereocenters. The molecule has 6 nitrogen and oxygen atoms in total. The van der Waals surface area contributed by atoms with Crippen LogP contribution in [0.1, 0.15) is 100 Å². The number of rotatable bonds is 10. The monoisotopic (exact) mass is 466 g/mol. The van der Waals surface area contributed by atoms with Crippen LogP contribution in [0.5, 0.6) is 0 Å². The number of likely N-dealkylation sites (tertiary alicyclic amines) is 2. The molecule has 2 heterocycles. The van der Waals surface area contributed by atoms with E-state index in [1.807, 2.05) is 0 Å².